The van der Waals surface area contributed by atoms with E-state index in [4.69, 9.17) is 4.74 Å². The first-order valence-corrected chi connectivity index (χ1v) is 11.1. The molecular weight excluding hydrogens is 392 g/mol. The Labute approximate surface area is 161 Å². The Morgan fingerprint density at radius 1 is 1.33 bits per heavy atom. The largest absolute Gasteiger partial charge is 0.456 e. The van der Waals surface area contributed by atoms with Gasteiger partial charge < -0.3 is 15.0 Å². The fraction of sp³-hybridized carbons (Fsp3) is 0.471. The van der Waals surface area contributed by atoms with E-state index >= 15 is 0 Å². The Kier molecular flexibility index (Phi) is 5.75. The maximum absolute atomic E-state index is 12.1. The number of sulfone groups is 1. The third-order valence-corrected chi connectivity index (χ3v) is 7.59. The molecule has 10 heteroatoms. The Morgan fingerprint density at radius 3 is 2.78 bits per heavy atom. The number of amides is 2. The lowest BCUT2D eigenvalue weighted by Crippen LogP contribution is -2.40. The third kappa shape index (κ3) is 4.81. The van der Waals surface area contributed by atoms with Gasteiger partial charge in [-0.2, -0.15) is 0 Å². The number of benzene rings is 1. The zero-order valence-corrected chi connectivity index (χ0v) is 16.3. The van der Waals surface area contributed by atoms with E-state index in [9.17, 15) is 22.8 Å². The second kappa shape index (κ2) is 7.89. The molecule has 0 bridgehead atoms. The highest BCUT2D eigenvalue weighted by molar-refractivity contribution is 8.01. The van der Waals surface area contributed by atoms with Gasteiger partial charge in [0.15, 0.2) is 16.4 Å². The maximum Gasteiger partial charge on any atom is 0.307 e. The second-order valence-electron chi connectivity index (χ2n) is 6.52. The molecule has 0 aromatic heterocycles. The number of para-hydroxylation sites is 1. The first-order chi connectivity index (χ1) is 12.7. The van der Waals surface area contributed by atoms with E-state index in [-0.39, 0.29) is 23.8 Å². The van der Waals surface area contributed by atoms with E-state index in [0.29, 0.717) is 12.1 Å². The van der Waals surface area contributed by atoms with Crippen LogP contribution in [0.1, 0.15) is 12.8 Å². The lowest BCUT2D eigenvalue weighted by atomic mass is 10.2. The number of hydrogen-bond donors (Lipinski definition) is 1. The van der Waals surface area contributed by atoms with Gasteiger partial charge in [0.1, 0.15) is 0 Å². The lowest BCUT2D eigenvalue weighted by molar-refractivity contribution is -0.152. The lowest BCUT2D eigenvalue weighted by Gasteiger charge is -2.24. The topological polar surface area (TPSA) is 110 Å². The van der Waals surface area contributed by atoms with Crippen molar-refractivity contribution >= 4 is 45.1 Å². The van der Waals surface area contributed by atoms with Crippen LogP contribution in [-0.2, 0) is 29.0 Å². The summed E-state index contributed by atoms with van der Waals surface area (Å²) in [5.41, 5.74) is 0.709. The van der Waals surface area contributed by atoms with Gasteiger partial charge in [0.05, 0.1) is 28.9 Å². The fourth-order valence-corrected chi connectivity index (χ4v) is 5.84. The summed E-state index contributed by atoms with van der Waals surface area (Å²) in [5.74, 6) is -1.40. The molecule has 8 nitrogen and oxygen atoms in total. The molecule has 0 radical (unpaired) electrons. The summed E-state index contributed by atoms with van der Waals surface area (Å²) in [6.45, 7) is -0.471. The van der Waals surface area contributed by atoms with Gasteiger partial charge in [-0.05, 0) is 18.6 Å². The van der Waals surface area contributed by atoms with Gasteiger partial charge in [0.2, 0.25) is 5.91 Å². The highest BCUT2D eigenvalue weighted by Gasteiger charge is 2.33. The van der Waals surface area contributed by atoms with Crippen molar-refractivity contribution in [2.24, 2.45) is 0 Å². The predicted molar refractivity (Wildman–Crippen MR) is 100 cm³/mol. The molecule has 3 rings (SSSR count). The Balaban J connectivity index is 1.48. The highest BCUT2D eigenvalue weighted by atomic mass is 32.2. The SMILES string of the molecule is CN(C(=O)COC(=O)C[C@H]1Sc2ccccc2NC1=O)[C@@H]1CCS(=O)(=O)C1. The van der Waals surface area contributed by atoms with Crippen LogP contribution < -0.4 is 5.32 Å². The van der Waals surface area contributed by atoms with Crippen molar-refractivity contribution in [2.75, 3.05) is 30.5 Å². The van der Waals surface area contributed by atoms with Crippen LogP contribution in [0.15, 0.2) is 29.2 Å². The van der Waals surface area contributed by atoms with E-state index in [1.807, 2.05) is 18.2 Å². The van der Waals surface area contributed by atoms with Gasteiger partial charge in [0, 0.05) is 18.0 Å². The Morgan fingerprint density at radius 2 is 2.07 bits per heavy atom. The number of thioether (sulfide) groups is 1. The molecule has 27 heavy (non-hydrogen) atoms. The molecule has 0 saturated carbocycles. The zero-order chi connectivity index (χ0) is 19.6. The van der Waals surface area contributed by atoms with E-state index in [1.54, 1.807) is 6.07 Å². The molecule has 1 saturated heterocycles. The number of likely N-dealkylation sites (N-methyl/N-ethyl adjacent to an activating group) is 1. The first-order valence-electron chi connectivity index (χ1n) is 8.43. The Bertz CT molecular complexity index is 870. The molecule has 0 spiro atoms. The van der Waals surface area contributed by atoms with Crippen molar-refractivity contribution in [2.45, 2.75) is 29.0 Å². The molecule has 0 unspecified atom stereocenters. The molecule has 1 aromatic carbocycles. The number of carbonyl (C=O) groups excluding carboxylic acids is 3. The second-order valence-corrected chi connectivity index (χ2v) is 9.99. The highest BCUT2D eigenvalue weighted by Crippen LogP contribution is 2.36. The normalized spacial score (nSPS) is 23.2. The molecule has 1 fully saturated rings. The van der Waals surface area contributed by atoms with Crippen LogP contribution in [0.2, 0.25) is 0 Å². The van der Waals surface area contributed by atoms with Gasteiger partial charge in [-0.3, -0.25) is 14.4 Å². The summed E-state index contributed by atoms with van der Waals surface area (Å²) in [5, 5.41) is 2.12. The van der Waals surface area contributed by atoms with Crippen molar-refractivity contribution in [3.05, 3.63) is 24.3 Å². The summed E-state index contributed by atoms with van der Waals surface area (Å²) in [4.78, 5) is 38.5. The summed E-state index contributed by atoms with van der Waals surface area (Å²) in [6, 6.07) is 6.90. The number of carbonyl (C=O) groups is 3. The van der Waals surface area contributed by atoms with Crippen molar-refractivity contribution in [3.8, 4) is 0 Å². The fourth-order valence-electron chi connectivity index (χ4n) is 2.97. The van der Waals surface area contributed by atoms with E-state index < -0.39 is 39.6 Å². The van der Waals surface area contributed by atoms with Crippen LogP contribution in [0.5, 0.6) is 0 Å². The molecule has 2 heterocycles. The van der Waals surface area contributed by atoms with E-state index in [0.717, 1.165) is 4.90 Å². The smallest absolute Gasteiger partial charge is 0.307 e. The summed E-state index contributed by atoms with van der Waals surface area (Å²) >= 11 is 1.28. The molecule has 2 atom stereocenters. The Hall–Kier alpha value is -2.07. The minimum atomic E-state index is -3.10. The van der Waals surface area contributed by atoms with E-state index in [1.165, 1.54) is 23.7 Å². The summed E-state index contributed by atoms with van der Waals surface area (Å²) in [6.07, 6.45) is 0.233. The number of hydrogen-bond acceptors (Lipinski definition) is 7. The van der Waals surface area contributed by atoms with Gasteiger partial charge in [-0.25, -0.2) is 8.42 Å². The molecular formula is C17H20N2O6S2. The van der Waals surface area contributed by atoms with Crippen molar-refractivity contribution < 1.29 is 27.5 Å². The first kappa shape index (κ1) is 19.7. The molecule has 1 N–H and O–H groups in total. The average Bonchev–Trinajstić information content (AvgIpc) is 2.99. The summed E-state index contributed by atoms with van der Waals surface area (Å²) < 4.78 is 28.0. The van der Waals surface area contributed by atoms with E-state index in [2.05, 4.69) is 5.32 Å². The third-order valence-electron chi connectivity index (χ3n) is 4.56. The predicted octanol–water partition coefficient (Wildman–Crippen LogP) is 0.678. The standard InChI is InChI=1S/C17H20N2O6S2/c1-19(11-6-7-27(23,24)10-11)15(20)9-25-16(21)8-14-17(22)18-12-4-2-3-5-13(12)26-14/h2-5,11,14H,6-10H2,1H3,(H,18,22)/t11-,14-/m1/s1. The minimum absolute atomic E-state index is 0.0601. The molecule has 0 aliphatic carbocycles. The van der Waals surface area contributed by atoms with Gasteiger partial charge in [0.25, 0.3) is 5.91 Å². The van der Waals surface area contributed by atoms with Crippen LogP contribution >= 0.6 is 11.8 Å². The average molecular weight is 412 g/mol. The van der Waals surface area contributed by atoms with Gasteiger partial charge in [-0.15, -0.1) is 11.8 Å². The number of rotatable bonds is 5. The zero-order valence-electron chi connectivity index (χ0n) is 14.7. The number of anilines is 1. The monoisotopic (exact) mass is 412 g/mol. The van der Waals surface area contributed by atoms with Gasteiger partial charge >= 0.3 is 5.97 Å². The molecule has 2 amide bonds. The molecule has 1 aromatic rings. The number of nitrogens with zero attached hydrogens (tertiary/aromatic N) is 1. The number of esters is 1. The molecule has 2 aliphatic heterocycles. The summed E-state index contributed by atoms with van der Waals surface area (Å²) in [7, 11) is -1.60. The number of nitrogens with one attached hydrogen (secondary N) is 1. The molecule has 146 valence electrons. The van der Waals surface area contributed by atoms with Crippen LogP contribution in [0.4, 0.5) is 5.69 Å². The van der Waals surface area contributed by atoms with Crippen molar-refractivity contribution in [1.82, 2.24) is 4.90 Å². The minimum Gasteiger partial charge on any atom is -0.456 e. The maximum atomic E-state index is 12.1. The van der Waals surface area contributed by atoms with Crippen molar-refractivity contribution in [1.29, 1.82) is 0 Å². The van der Waals surface area contributed by atoms with Crippen LogP contribution in [0.3, 0.4) is 0 Å². The van der Waals surface area contributed by atoms with Crippen molar-refractivity contribution in [3.63, 3.8) is 0 Å². The molecule has 2 aliphatic rings. The number of ether oxygens (including phenoxy) is 1. The van der Waals surface area contributed by atoms with Gasteiger partial charge in [-0.1, -0.05) is 12.1 Å². The van der Waals surface area contributed by atoms with Crippen LogP contribution in [-0.4, -0.2) is 67.6 Å². The number of fused-ring (bicyclic) bond motifs is 1. The van der Waals surface area contributed by atoms with Crippen LogP contribution in [0.25, 0.3) is 0 Å². The quantitative estimate of drug-likeness (QED) is 0.708. The van der Waals surface area contributed by atoms with Crippen LogP contribution in [0, 0.1) is 0 Å².